The number of hydrogen-bond donors (Lipinski definition) is 0. The summed E-state index contributed by atoms with van der Waals surface area (Å²) in [7, 11) is -1.48. The summed E-state index contributed by atoms with van der Waals surface area (Å²) in [5.41, 5.74) is 4.56. The molecule has 0 nitrogen and oxygen atoms in total. The van der Waals surface area contributed by atoms with Gasteiger partial charge in [-0.25, -0.2) is 0 Å². The second-order valence-corrected chi connectivity index (χ2v) is 10.4. The Labute approximate surface area is 200 Å². The molecule has 1 aliphatic carbocycles. The monoisotopic (exact) mass is 478 g/mol. The molecule has 28 heavy (non-hydrogen) atoms. The molecule has 3 aromatic rings. The molecule has 0 heterocycles. The first-order chi connectivity index (χ1) is 12.2. The molecule has 1 atom stereocenters. The van der Waals surface area contributed by atoms with Gasteiger partial charge in [0.2, 0.25) is 0 Å². The zero-order chi connectivity index (χ0) is 17.4. The van der Waals surface area contributed by atoms with Gasteiger partial charge in [0, 0.05) is 0 Å². The van der Waals surface area contributed by atoms with Gasteiger partial charge in [-0.1, -0.05) is 0 Å². The van der Waals surface area contributed by atoms with Gasteiger partial charge in [0.15, 0.2) is 0 Å². The van der Waals surface area contributed by atoms with Crippen LogP contribution in [0.2, 0.25) is 0 Å². The molecule has 4 rings (SSSR count). The average molecular weight is 480 g/mol. The van der Waals surface area contributed by atoms with Gasteiger partial charge >= 0.3 is 164 Å². The first-order valence-electron chi connectivity index (χ1n) is 8.84. The van der Waals surface area contributed by atoms with Crippen molar-refractivity contribution in [2.75, 3.05) is 0 Å². The molecule has 0 N–H and O–H groups in total. The molecular weight excluding hydrogens is 459 g/mol. The molecular formula is C23H21Cl3SiTi. The number of allylic oxidation sites excluding steroid dienone is 1. The third-order valence-electron chi connectivity index (χ3n) is 5.47. The van der Waals surface area contributed by atoms with Crippen LogP contribution in [0, 0.1) is 0 Å². The van der Waals surface area contributed by atoms with E-state index in [4.69, 9.17) is 0 Å². The largest absolute Gasteiger partial charge is 1.00 e. The molecule has 0 bridgehead atoms. The minimum absolute atomic E-state index is 0. The molecule has 0 amide bonds. The van der Waals surface area contributed by atoms with Crippen molar-refractivity contribution in [3.8, 4) is 0 Å². The molecule has 0 fully saturated rings. The summed E-state index contributed by atoms with van der Waals surface area (Å²) >= 11 is 2.31. The minimum atomic E-state index is -1.48. The molecule has 0 spiro atoms. The predicted octanol–water partition coefficient (Wildman–Crippen LogP) is -5.66. The molecule has 142 valence electrons. The molecule has 1 unspecified atom stereocenters. The van der Waals surface area contributed by atoms with E-state index in [1.54, 1.807) is 5.19 Å². The first kappa shape index (κ1) is 25.2. The fourth-order valence-electron chi connectivity index (χ4n) is 3.97. The van der Waals surface area contributed by atoms with Crippen LogP contribution in [-0.2, 0) is 20.4 Å². The summed E-state index contributed by atoms with van der Waals surface area (Å²) in [5.74, 6) is 0.538. The van der Waals surface area contributed by atoms with Crippen LogP contribution in [0.5, 0.6) is 0 Å². The smallest absolute Gasteiger partial charge is 1.00 e. The third kappa shape index (κ3) is 4.51. The van der Waals surface area contributed by atoms with Crippen molar-refractivity contribution in [2.45, 2.75) is 19.8 Å². The van der Waals surface area contributed by atoms with Crippen molar-refractivity contribution >= 4 is 28.2 Å². The number of benzene rings is 3. The summed E-state index contributed by atoms with van der Waals surface area (Å²) in [4.78, 5) is 0. The van der Waals surface area contributed by atoms with Crippen LogP contribution in [0.3, 0.4) is 0 Å². The summed E-state index contributed by atoms with van der Waals surface area (Å²) in [6, 6.07) is 29.2. The maximum absolute atomic E-state index is 2.38. The second kappa shape index (κ2) is 10.8. The fraction of sp³-hybridized carbons (Fsp3) is 0.130. The Kier molecular flexibility index (Phi) is 9.76. The Morgan fingerprint density at radius 1 is 0.714 bits per heavy atom. The standard InChI is InChI=1S/C23H21Si.3ClH.Ti/c1-17-16-22-21(18(17)2)14-9-15-23(22)24(19-10-5-3-6-11-19)20-12-7-4-8-13-20;;;;/h3-15,18,24H,1-2H3;3*1H;/q;;;;+3/p-3. The van der Waals surface area contributed by atoms with Crippen LogP contribution in [-0.4, -0.2) is 8.80 Å². The molecule has 0 aliphatic heterocycles. The summed E-state index contributed by atoms with van der Waals surface area (Å²) in [6.07, 6.45) is 0. The van der Waals surface area contributed by atoms with E-state index in [9.17, 15) is 0 Å². The zero-order valence-electron chi connectivity index (χ0n) is 15.8. The van der Waals surface area contributed by atoms with Gasteiger partial charge in [-0.3, -0.25) is 0 Å². The van der Waals surface area contributed by atoms with Gasteiger partial charge < -0.3 is 37.2 Å². The Morgan fingerprint density at radius 2 is 1.21 bits per heavy atom. The maximum atomic E-state index is 2.38. The van der Waals surface area contributed by atoms with E-state index < -0.39 is 8.80 Å². The molecule has 0 saturated carbocycles. The summed E-state index contributed by atoms with van der Waals surface area (Å²) in [6.45, 7) is 4.64. The van der Waals surface area contributed by atoms with Crippen LogP contribution < -0.4 is 52.8 Å². The van der Waals surface area contributed by atoms with Crippen molar-refractivity contribution in [3.63, 3.8) is 0 Å². The van der Waals surface area contributed by atoms with Crippen molar-refractivity contribution < 1.29 is 57.7 Å². The van der Waals surface area contributed by atoms with E-state index in [2.05, 4.69) is 113 Å². The Morgan fingerprint density at radius 3 is 1.71 bits per heavy atom. The minimum Gasteiger partial charge on any atom is -1.00 e. The zero-order valence-corrected chi connectivity index (χ0v) is 20.8. The van der Waals surface area contributed by atoms with Gasteiger partial charge in [-0.2, -0.15) is 0 Å². The van der Waals surface area contributed by atoms with Crippen LogP contribution in [0.4, 0.5) is 0 Å². The Bertz CT molecular complexity index is 903. The van der Waals surface area contributed by atoms with Crippen molar-refractivity contribution in [2.24, 2.45) is 0 Å². The van der Waals surface area contributed by atoms with Crippen molar-refractivity contribution in [1.29, 1.82) is 0 Å². The first-order valence-corrected chi connectivity index (χ1v) is 11.3. The van der Waals surface area contributed by atoms with Crippen molar-refractivity contribution in [1.82, 2.24) is 0 Å². The number of rotatable bonds is 3. The van der Waals surface area contributed by atoms with E-state index >= 15 is 0 Å². The Hall–Kier alpha value is -0.799. The molecule has 0 aromatic heterocycles. The molecule has 1 aliphatic rings. The van der Waals surface area contributed by atoms with Gasteiger partial charge in [0.05, 0.1) is 0 Å². The van der Waals surface area contributed by atoms with Crippen LogP contribution >= 0.6 is 0 Å². The number of fused-ring (bicyclic) bond motifs is 1. The quantitative estimate of drug-likeness (QED) is 0.260. The van der Waals surface area contributed by atoms with E-state index in [1.807, 2.05) is 0 Å². The fourth-order valence-corrected chi connectivity index (χ4v) is 8.20. The van der Waals surface area contributed by atoms with Crippen LogP contribution in [0.1, 0.15) is 30.9 Å². The molecule has 5 heteroatoms. The summed E-state index contributed by atoms with van der Waals surface area (Å²) in [5, 5.41) is 4.55. The van der Waals surface area contributed by atoms with E-state index in [-0.39, 0.29) is 37.2 Å². The van der Waals surface area contributed by atoms with Gasteiger partial charge in [0.1, 0.15) is 0 Å². The van der Waals surface area contributed by atoms with Gasteiger partial charge in [-0.05, 0) is 0 Å². The second-order valence-electron chi connectivity index (χ2n) is 6.85. The molecule has 3 aromatic carbocycles. The number of hydrogen-bond acceptors (Lipinski definition) is 0. The SMILES string of the molecule is CC1=[C]([Ti+3])c2c(cccc2[SiH](c2ccccc2)c2ccccc2)C1C.[Cl-].[Cl-].[Cl-]. The van der Waals surface area contributed by atoms with E-state index in [0.29, 0.717) is 5.92 Å². The van der Waals surface area contributed by atoms with Gasteiger partial charge in [-0.15, -0.1) is 0 Å². The van der Waals surface area contributed by atoms with Crippen LogP contribution in [0.25, 0.3) is 3.88 Å². The molecule has 0 radical (unpaired) electrons. The number of halogens is 3. The Balaban J connectivity index is 0.00000131. The van der Waals surface area contributed by atoms with E-state index in [0.717, 1.165) is 0 Å². The summed E-state index contributed by atoms with van der Waals surface area (Å²) < 4.78 is 1.49. The normalized spacial score (nSPS) is 14.7. The van der Waals surface area contributed by atoms with Gasteiger partial charge in [0.25, 0.3) is 0 Å². The molecule has 0 saturated heterocycles. The average Bonchev–Trinajstić information content (AvgIpc) is 2.89. The van der Waals surface area contributed by atoms with Crippen LogP contribution in [0.15, 0.2) is 84.4 Å². The predicted molar refractivity (Wildman–Crippen MR) is 106 cm³/mol. The third-order valence-corrected chi connectivity index (χ3v) is 9.68. The maximum Gasteiger partial charge on any atom is -1.00 e. The van der Waals surface area contributed by atoms with Crippen molar-refractivity contribution in [3.05, 3.63) is 95.6 Å². The topological polar surface area (TPSA) is 0 Å². The van der Waals surface area contributed by atoms with E-state index in [1.165, 1.54) is 31.0 Å².